The molecule has 2 amide bonds. The standard InChI is InChI=1S/2C35H42ClF3N2O5S/c2*1-4-7-22(3)32(18-35(37,38)39)47(44,45)40-33(43)24-10-14-31-29(17-24)41(19-25-9-12-27(25)30(42)5-2)20-34(21-46-31)15-6-8-23-16-26(36)11-13-28(23)34/h2*4-5,10-11,13-14,16-17,22,25,27,30,32,42H,1-2,6-9,12,15,18-21H2,3H3,(H,40,43)/t22-,25-,27+,30-,32+,34-;22-,25-,27+,30-,32-,34-/m00/s1. The van der Waals surface area contributed by atoms with Crippen molar-refractivity contribution in [1.82, 2.24) is 9.44 Å². The molecule has 2 spiro atoms. The van der Waals surface area contributed by atoms with E-state index < -0.39 is 102 Å². The van der Waals surface area contributed by atoms with Gasteiger partial charge in [0.05, 0.1) is 60.1 Å². The Labute approximate surface area is 557 Å². The van der Waals surface area contributed by atoms with Crippen molar-refractivity contribution in [3.05, 3.63) is 167 Å². The molecule has 4 aromatic carbocycles. The average molecular weight is 1390 g/mol. The van der Waals surface area contributed by atoms with Gasteiger partial charge in [0.1, 0.15) is 11.5 Å². The lowest BCUT2D eigenvalue weighted by molar-refractivity contribution is -0.137. The minimum Gasteiger partial charge on any atom is -0.490 e. The van der Waals surface area contributed by atoms with Gasteiger partial charge in [-0.1, -0.05) is 73.5 Å². The number of halogens is 8. The molecule has 2 aliphatic heterocycles. The van der Waals surface area contributed by atoms with Gasteiger partial charge in [0.25, 0.3) is 11.8 Å². The minimum absolute atomic E-state index is 0.0215. The van der Waals surface area contributed by atoms with Gasteiger partial charge in [-0.05, 0) is 195 Å². The second kappa shape index (κ2) is 29.4. The molecule has 2 heterocycles. The van der Waals surface area contributed by atoms with Crippen molar-refractivity contribution in [2.45, 2.75) is 150 Å². The molecule has 0 unspecified atom stereocenters. The highest BCUT2D eigenvalue weighted by atomic mass is 35.5. The van der Waals surface area contributed by atoms with Crippen LogP contribution in [0.2, 0.25) is 10.0 Å². The van der Waals surface area contributed by atoms with E-state index in [0.717, 1.165) is 86.5 Å². The van der Waals surface area contributed by atoms with Gasteiger partial charge in [-0.2, -0.15) is 26.3 Å². The molecule has 4 N–H and O–H groups in total. The number of anilines is 2. The summed E-state index contributed by atoms with van der Waals surface area (Å²) in [5.41, 5.74) is 4.94. The number of aliphatic hydroxyl groups is 2. The number of ether oxygens (including phenoxy) is 2. The smallest absolute Gasteiger partial charge is 0.390 e. The van der Waals surface area contributed by atoms with Crippen LogP contribution in [0, 0.1) is 35.5 Å². The zero-order valence-corrected chi connectivity index (χ0v) is 56.0. The summed E-state index contributed by atoms with van der Waals surface area (Å²) in [6.07, 6.45) is 0.695. The highest BCUT2D eigenvalue weighted by Crippen LogP contribution is 2.50. The van der Waals surface area contributed by atoms with Crippen molar-refractivity contribution in [3.63, 3.8) is 0 Å². The molecule has 24 heteroatoms. The number of carbonyl (C=O) groups is 2. The third-order valence-electron chi connectivity index (χ3n) is 20.3. The van der Waals surface area contributed by atoms with Gasteiger partial charge in [-0.15, -0.1) is 26.3 Å². The van der Waals surface area contributed by atoms with Gasteiger partial charge < -0.3 is 29.5 Å². The van der Waals surface area contributed by atoms with Gasteiger partial charge in [0.2, 0.25) is 20.0 Å². The molecule has 0 bridgehead atoms. The Kier molecular flexibility index (Phi) is 22.6. The van der Waals surface area contributed by atoms with E-state index in [1.54, 1.807) is 36.4 Å². The molecule has 2 saturated carbocycles. The Balaban J connectivity index is 0.000000221. The summed E-state index contributed by atoms with van der Waals surface area (Å²) in [6, 6.07) is 21.0. The fourth-order valence-corrected chi connectivity index (χ4v) is 18.7. The molecule has 0 aromatic heterocycles. The van der Waals surface area contributed by atoms with Crippen LogP contribution in [0.25, 0.3) is 0 Å². The second-order valence-corrected chi connectivity index (χ2v) is 31.4. The molecule has 0 saturated heterocycles. The van der Waals surface area contributed by atoms with E-state index in [1.807, 2.05) is 33.7 Å². The maximum atomic E-state index is 13.4. The van der Waals surface area contributed by atoms with Crippen LogP contribution in [-0.4, -0.2) is 113 Å². The SMILES string of the molecule is C=CC[C@H](C)[C@@H](CC(F)(F)F)S(=O)(=O)NC(=O)c1ccc2c(c1)N(C[C@@H]1CC[C@H]1[C@@H](O)C=C)C[C@@]1(CCCc3cc(Cl)ccc31)CO2.C=CC[C@H](C)[C@H](CC(F)(F)F)S(=O)(=O)NC(=O)c1ccc2c(c1)N(C[C@@H]1CC[C@H]1[C@@H](O)C=C)C[C@@]1(CCCc3cc(Cl)ccc31)CO2. The number of amides is 2. The van der Waals surface area contributed by atoms with E-state index in [9.17, 15) is 63.0 Å². The van der Waals surface area contributed by atoms with Crippen molar-refractivity contribution in [2.75, 3.05) is 49.2 Å². The molecular weight excluding hydrogens is 1310 g/mol. The summed E-state index contributed by atoms with van der Waals surface area (Å²) in [7, 11) is -9.44. The number of fused-ring (bicyclic) bond motifs is 6. The lowest BCUT2D eigenvalue weighted by Gasteiger charge is -2.45. The first kappa shape index (κ1) is 72.2. The van der Waals surface area contributed by atoms with Gasteiger partial charge in [0, 0.05) is 58.2 Å². The van der Waals surface area contributed by atoms with E-state index in [-0.39, 0.29) is 47.6 Å². The highest BCUT2D eigenvalue weighted by molar-refractivity contribution is 7.91. The lowest BCUT2D eigenvalue weighted by Crippen LogP contribution is -2.49. The summed E-state index contributed by atoms with van der Waals surface area (Å²) >= 11 is 12.7. The molecule has 94 heavy (non-hydrogen) atoms. The molecular formula is C70H84Cl2F6N4O10S2. The van der Waals surface area contributed by atoms with Crippen LogP contribution in [0.15, 0.2) is 123 Å². The predicted octanol–water partition coefficient (Wildman–Crippen LogP) is 14.0. The molecule has 4 aliphatic carbocycles. The average Bonchev–Trinajstić information content (AvgIpc) is 1.47. The van der Waals surface area contributed by atoms with Crippen molar-refractivity contribution >= 4 is 66.4 Å². The van der Waals surface area contributed by atoms with Crippen LogP contribution in [0.5, 0.6) is 11.5 Å². The van der Waals surface area contributed by atoms with Crippen LogP contribution < -0.4 is 28.7 Å². The summed E-state index contributed by atoms with van der Waals surface area (Å²) in [5, 5.41) is 18.7. The molecule has 4 aromatic rings. The number of allylic oxidation sites excluding steroid dienone is 2. The number of benzene rings is 4. The maximum absolute atomic E-state index is 13.4. The van der Waals surface area contributed by atoms with Crippen molar-refractivity contribution in [2.24, 2.45) is 35.5 Å². The summed E-state index contributed by atoms with van der Waals surface area (Å²) < 4.78 is 150. The Morgan fingerprint density at radius 2 is 1.00 bits per heavy atom. The molecule has 0 radical (unpaired) electrons. The second-order valence-electron chi connectivity index (χ2n) is 26.7. The number of hydrogen-bond acceptors (Lipinski definition) is 12. The number of alkyl halides is 6. The Morgan fingerprint density at radius 1 is 0.617 bits per heavy atom. The lowest BCUT2D eigenvalue weighted by atomic mass is 9.68. The first-order chi connectivity index (χ1) is 44.3. The molecule has 10 rings (SSSR count). The Bertz CT molecular complexity index is 3470. The molecule has 12 atom stereocenters. The minimum atomic E-state index is -4.75. The number of nitrogens with one attached hydrogen (secondary N) is 2. The first-order valence-corrected chi connectivity index (χ1v) is 35.9. The van der Waals surface area contributed by atoms with Gasteiger partial charge in [0.15, 0.2) is 0 Å². The van der Waals surface area contributed by atoms with Gasteiger partial charge in [-0.25, -0.2) is 26.3 Å². The Hall–Kier alpha value is -6.04. The highest BCUT2D eigenvalue weighted by Gasteiger charge is 2.48. The molecule has 6 aliphatic rings. The summed E-state index contributed by atoms with van der Waals surface area (Å²) in [5.74, 6) is -2.58. The fraction of sp³-hybridized carbons (Fsp3) is 0.514. The third-order valence-corrected chi connectivity index (χ3v) is 24.6. The molecule has 2 fully saturated rings. The summed E-state index contributed by atoms with van der Waals surface area (Å²) in [6.45, 7) is 20.2. The predicted molar refractivity (Wildman–Crippen MR) is 355 cm³/mol. The van der Waals surface area contributed by atoms with Crippen LogP contribution >= 0.6 is 23.2 Å². The zero-order chi connectivity index (χ0) is 68.3. The van der Waals surface area contributed by atoms with E-state index in [2.05, 4.69) is 48.2 Å². The van der Waals surface area contributed by atoms with Crippen LogP contribution in [0.1, 0.15) is 134 Å². The van der Waals surface area contributed by atoms with E-state index in [4.69, 9.17) is 32.7 Å². The van der Waals surface area contributed by atoms with Crippen molar-refractivity contribution in [1.29, 1.82) is 0 Å². The molecule has 14 nitrogen and oxygen atoms in total. The number of sulfonamides is 2. The van der Waals surface area contributed by atoms with E-state index in [0.29, 0.717) is 72.3 Å². The van der Waals surface area contributed by atoms with Crippen molar-refractivity contribution < 1.29 is 72.5 Å². The topological polar surface area (TPSA) is 192 Å². The van der Waals surface area contributed by atoms with Crippen LogP contribution in [0.4, 0.5) is 37.7 Å². The van der Waals surface area contributed by atoms with Crippen LogP contribution in [-0.2, 0) is 43.7 Å². The third kappa shape index (κ3) is 16.5. The first-order valence-electron chi connectivity index (χ1n) is 32.0. The van der Waals surface area contributed by atoms with Crippen LogP contribution in [0.3, 0.4) is 0 Å². The van der Waals surface area contributed by atoms with Gasteiger partial charge in [-0.3, -0.25) is 9.59 Å². The normalized spacial score (nSPS) is 24.4. The van der Waals surface area contributed by atoms with Gasteiger partial charge >= 0.3 is 12.4 Å². The van der Waals surface area contributed by atoms with Crippen molar-refractivity contribution in [3.8, 4) is 11.5 Å². The molecule has 512 valence electrons. The summed E-state index contributed by atoms with van der Waals surface area (Å²) in [4.78, 5) is 31.2. The number of aliphatic hydroxyl groups excluding tert-OH is 2. The number of aryl methyl sites for hydroxylation is 2. The Morgan fingerprint density at radius 3 is 1.33 bits per heavy atom. The zero-order valence-electron chi connectivity index (χ0n) is 52.9. The number of carbonyl (C=O) groups excluding carboxylic acids is 2. The fourth-order valence-electron chi connectivity index (χ4n) is 15.0. The largest absolute Gasteiger partial charge is 0.490 e. The monoisotopic (exact) mass is 1390 g/mol. The number of rotatable bonds is 22. The maximum Gasteiger partial charge on any atom is 0.390 e. The number of nitrogens with zero attached hydrogens (tertiary/aromatic N) is 2. The number of hydrogen-bond donors (Lipinski definition) is 4. The van der Waals surface area contributed by atoms with E-state index >= 15 is 0 Å². The quantitative estimate of drug-likeness (QED) is 0.0431. The van der Waals surface area contributed by atoms with E-state index in [1.165, 1.54) is 38.1 Å².